The van der Waals surface area contributed by atoms with Gasteiger partial charge in [0.15, 0.2) is 0 Å². The SMILES string of the molecule is Cn1c(=O)n(C)c2cc(NC(=O)[C@H]3CCCO3)ccc21. The van der Waals surface area contributed by atoms with Crippen LogP contribution in [0.1, 0.15) is 12.8 Å². The summed E-state index contributed by atoms with van der Waals surface area (Å²) in [4.78, 5) is 23.8. The number of imidazole rings is 1. The van der Waals surface area contributed by atoms with E-state index in [1.165, 1.54) is 0 Å². The molecule has 2 heterocycles. The minimum absolute atomic E-state index is 0.0809. The van der Waals surface area contributed by atoms with E-state index in [4.69, 9.17) is 4.74 Å². The highest BCUT2D eigenvalue weighted by molar-refractivity contribution is 5.96. The fraction of sp³-hybridized carbons (Fsp3) is 0.429. The van der Waals surface area contributed by atoms with Gasteiger partial charge in [-0.05, 0) is 31.0 Å². The molecule has 1 atom stereocenters. The Labute approximate surface area is 115 Å². The Bertz CT molecular complexity index is 723. The summed E-state index contributed by atoms with van der Waals surface area (Å²) in [6.45, 7) is 0.643. The Morgan fingerprint density at radius 2 is 2.05 bits per heavy atom. The van der Waals surface area contributed by atoms with E-state index in [9.17, 15) is 9.59 Å². The molecule has 1 fully saturated rings. The summed E-state index contributed by atoms with van der Waals surface area (Å²) in [5.74, 6) is -0.122. The van der Waals surface area contributed by atoms with E-state index in [-0.39, 0.29) is 17.7 Å². The monoisotopic (exact) mass is 275 g/mol. The second-order valence-corrected chi connectivity index (χ2v) is 5.10. The standard InChI is InChI=1S/C14H17N3O3/c1-16-10-6-5-9(8-11(10)17(2)14(16)19)15-13(18)12-4-3-7-20-12/h5-6,8,12H,3-4,7H2,1-2H3,(H,15,18)/t12-/m1/s1. The fourth-order valence-corrected chi connectivity index (χ4v) is 2.59. The van der Waals surface area contributed by atoms with Crippen LogP contribution in [0, 0.1) is 0 Å². The van der Waals surface area contributed by atoms with Crippen LogP contribution >= 0.6 is 0 Å². The molecule has 1 saturated heterocycles. The summed E-state index contributed by atoms with van der Waals surface area (Å²) in [6, 6.07) is 5.44. The number of nitrogens with zero attached hydrogens (tertiary/aromatic N) is 2. The number of anilines is 1. The van der Waals surface area contributed by atoms with Gasteiger partial charge in [0.25, 0.3) is 5.91 Å². The number of carbonyl (C=O) groups is 1. The van der Waals surface area contributed by atoms with E-state index < -0.39 is 0 Å². The van der Waals surface area contributed by atoms with Crippen molar-refractivity contribution in [2.24, 2.45) is 14.1 Å². The number of benzene rings is 1. The number of nitrogens with one attached hydrogen (secondary N) is 1. The Kier molecular flexibility index (Phi) is 3.10. The number of ether oxygens (including phenoxy) is 1. The molecule has 0 unspecified atom stereocenters. The first-order valence-corrected chi connectivity index (χ1v) is 6.66. The molecule has 6 heteroatoms. The van der Waals surface area contributed by atoms with E-state index >= 15 is 0 Å². The predicted molar refractivity (Wildman–Crippen MR) is 75.8 cm³/mol. The van der Waals surface area contributed by atoms with Gasteiger partial charge in [-0.3, -0.25) is 13.9 Å². The Hall–Kier alpha value is -2.08. The van der Waals surface area contributed by atoms with Crippen molar-refractivity contribution in [1.29, 1.82) is 0 Å². The molecule has 0 radical (unpaired) electrons. The largest absolute Gasteiger partial charge is 0.368 e. The molecule has 1 aromatic carbocycles. The molecule has 0 bridgehead atoms. The molecule has 0 aliphatic carbocycles. The molecule has 1 amide bonds. The van der Waals surface area contributed by atoms with Crippen molar-refractivity contribution in [2.75, 3.05) is 11.9 Å². The summed E-state index contributed by atoms with van der Waals surface area (Å²) < 4.78 is 8.50. The molecule has 0 saturated carbocycles. The van der Waals surface area contributed by atoms with Crippen LogP contribution in [0.3, 0.4) is 0 Å². The Balaban J connectivity index is 1.91. The van der Waals surface area contributed by atoms with Gasteiger partial charge in [0.05, 0.1) is 11.0 Å². The zero-order valence-corrected chi connectivity index (χ0v) is 11.5. The van der Waals surface area contributed by atoms with Crippen molar-refractivity contribution in [3.63, 3.8) is 0 Å². The molecule has 20 heavy (non-hydrogen) atoms. The van der Waals surface area contributed by atoms with Gasteiger partial charge in [0.2, 0.25) is 0 Å². The average Bonchev–Trinajstić information content (AvgIpc) is 3.04. The molecule has 106 valence electrons. The Morgan fingerprint density at radius 1 is 1.30 bits per heavy atom. The third kappa shape index (κ3) is 2.02. The number of carbonyl (C=O) groups excluding carboxylic acids is 1. The van der Waals surface area contributed by atoms with Crippen molar-refractivity contribution < 1.29 is 9.53 Å². The molecule has 6 nitrogen and oxygen atoms in total. The van der Waals surface area contributed by atoms with Crippen LogP contribution in [0.4, 0.5) is 5.69 Å². The molecule has 3 rings (SSSR count). The average molecular weight is 275 g/mol. The lowest BCUT2D eigenvalue weighted by molar-refractivity contribution is -0.124. The summed E-state index contributed by atoms with van der Waals surface area (Å²) in [5.41, 5.74) is 2.23. The summed E-state index contributed by atoms with van der Waals surface area (Å²) in [5, 5.41) is 2.84. The zero-order valence-electron chi connectivity index (χ0n) is 11.5. The topological polar surface area (TPSA) is 65.3 Å². The number of aromatic nitrogens is 2. The van der Waals surface area contributed by atoms with Crippen LogP contribution in [0.15, 0.2) is 23.0 Å². The van der Waals surface area contributed by atoms with Gasteiger partial charge in [-0.1, -0.05) is 0 Å². The van der Waals surface area contributed by atoms with Crippen LogP contribution in [-0.4, -0.2) is 27.8 Å². The highest BCUT2D eigenvalue weighted by atomic mass is 16.5. The summed E-state index contributed by atoms with van der Waals surface area (Å²) in [7, 11) is 3.45. The normalized spacial score (nSPS) is 18.6. The van der Waals surface area contributed by atoms with Gasteiger partial charge in [0.1, 0.15) is 6.10 Å². The van der Waals surface area contributed by atoms with Crippen molar-refractivity contribution in [1.82, 2.24) is 9.13 Å². The number of aryl methyl sites for hydroxylation is 2. The van der Waals surface area contributed by atoms with Gasteiger partial charge in [-0.25, -0.2) is 4.79 Å². The van der Waals surface area contributed by atoms with E-state index in [0.717, 1.165) is 23.9 Å². The molecular weight excluding hydrogens is 258 g/mol. The minimum Gasteiger partial charge on any atom is -0.368 e. The zero-order chi connectivity index (χ0) is 14.3. The molecule has 0 spiro atoms. The quantitative estimate of drug-likeness (QED) is 0.889. The molecule has 2 aromatic rings. The van der Waals surface area contributed by atoms with Crippen LogP contribution in [0.25, 0.3) is 11.0 Å². The second-order valence-electron chi connectivity index (χ2n) is 5.10. The first kappa shape index (κ1) is 12.9. The van der Waals surface area contributed by atoms with E-state index in [1.54, 1.807) is 29.3 Å². The highest BCUT2D eigenvalue weighted by Crippen LogP contribution is 2.19. The van der Waals surface area contributed by atoms with Crippen LogP contribution in [0.2, 0.25) is 0 Å². The fourth-order valence-electron chi connectivity index (χ4n) is 2.59. The van der Waals surface area contributed by atoms with Crippen LogP contribution in [-0.2, 0) is 23.6 Å². The van der Waals surface area contributed by atoms with Gasteiger partial charge in [-0.2, -0.15) is 0 Å². The molecule has 1 aliphatic rings. The smallest absolute Gasteiger partial charge is 0.328 e. The van der Waals surface area contributed by atoms with Gasteiger partial charge >= 0.3 is 5.69 Å². The van der Waals surface area contributed by atoms with E-state index in [1.807, 2.05) is 12.1 Å². The number of fused-ring (bicyclic) bond motifs is 1. The third-order valence-corrected chi connectivity index (χ3v) is 3.76. The lowest BCUT2D eigenvalue weighted by Crippen LogP contribution is -2.26. The lowest BCUT2D eigenvalue weighted by Gasteiger charge is -2.10. The molecule has 1 N–H and O–H groups in total. The second kappa shape index (κ2) is 4.79. The number of hydrogen-bond donors (Lipinski definition) is 1. The number of rotatable bonds is 2. The van der Waals surface area contributed by atoms with Gasteiger partial charge in [0, 0.05) is 26.4 Å². The maximum atomic E-state index is 12.0. The lowest BCUT2D eigenvalue weighted by atomic mass is 10.2. The van der Waals surface area contributed by atoms with Crippen LogP contribution < -0.4 is 11.0 Å². The third-order valence-electron chi connectivity index (χ3n) is 3.76. The molecule has 1 aromatic heterocycles. The summed E-state index contributed by atoms with van der Waals surface area (Å²) in [6.07, 6.45) is 1.33. The van der Waals surface area contributed by atoms with Crippen LogP contribution in [0.5, 0.6) is 0 Å². The van der Waals surface area contributed by atoms with Crippen molar-refractivity contribution in [3.05, 3.63) is 28.7 Å². The molecular formula is C14H17N3O3. The minimum atomic E-state index is -0.356. The van der Waals surface area contributed by atoms with Gasteiger partial charge in [-0.15, -0.1) is 0 Å². The number of amides is 1. The first-order chi connectivity index (χ1) is 9.58. The van der Waals surface area contributed by atoms with Crippen molar-refractivity contribution >= 4 is 22.6 Å². The van der Waals surface area contributed by atoms with Gasteiger partial charge < -0.3 is 10.1 Å². The number of hydrogen-bond acceptors (Lipinski definition) is 3. The van der Waals surface area contributed by atoms with E-state index in [0.29, 0.717) is 12.3 Å². The molecule has 1 aliphatic heterocycles. The maximum absolute atomic E-state index is 12.0. The Morgan fingerprint density at radius 3 is 2.75 bits per heavy atom. The predicted octanol–water partition coefficient (Wildman–Crippen LogP) is 0.994. The highest BCUT2D eigenvalue weighted by Gasteiger charge is 2.23. The van der Waals surface area contributed by atoms with E-state index in [2.05, 4.69) is 5.32 Å². The first-order valence-electron chi connectivity index (χ1n) is 6.66. The van der Waals surface area contributed by atoms with Crippen molar-refractivity contribution in [3.8, 4) is 0 Å². The van der Waals surface area contributed by atoms with Crippen molar-refractivity contribution in [2.45, 2.75) is 18.9 Å². The summed E-state index contributed by atoms with van der Waals surface area (Å²) >= 11 is 0. The maximum Gasteiger partial charge on any atom is 0.328 e.